The molecule has 4 heteroatoms. The van der Waals surface area contributed by atoms with Gasteiger partial charge in [0, 0.05) is 25.6 Å². The maximum absolute atomic E-state index is 12.3. The fourth-order valence-electron chi connectivity index (χ4n) is 4.48. The fourth-order valence-corrected chi connectivity index (χ4v) is 4.48. The lowest BCUT2D eigenvalue weighted by molar-refractivity contribution is -0.0296. The van der Waals surface area contributed by atoms with E-state index in [1.165, 1.54) is 18.4 Å². The van der Waals surface area contributed by atoms with Crippen LogP contribution in [0.3, 0.4) is 0 Å². The number of benzene rings is 2. The van der Waals surface area contributed by atoms with Crippen LogP contribution in [-0.4, -0.2) is 50.0 Å². The van der Waals surface area contributed by atoms with Crippen molar-refractivity contribution in [3.8, 4) is 5.75 Å². The monoisotopic (exact) mass is 411 g/mol. The quantitative estimate of drug-likeness (QED) is 0.530. The van der Waals surface area contributed by atoms with E-state index >= 15 is 0 Å². The Labute approximate surface area is 181 Å². The van der Waals surface area contributed by atoms with Gasteiger partial charge in [-0.2, -0.15) is 0 Å². The zero-order chi connectivity index (χ0) is 21.2. The van der Waals surface area contributed by atoms with Gasteiger partial charge in [0.05, 0.1) is 25.9 Å². The highest BCUT2D eigenvalue weighted by molar-refractivity contribution is 5.35. The first-order valence-electron chi connectivity index (χ1n) is 11.4. The predicted molar refractivity (Wildman–Crippen MR) is 122 cm³/mol. The minimum Gasteiger partial charge on any atom is -0.497 e. The van der Waals surface area contributed by atoms with Crippen molar-refractivity contribution in [3.05, 3.63) is 65.7 Å². The number of methoxy groups -OCH3 is 1. The van der Waals surface area contributed by atoms with Gasteiger partial charge in [0.1, 0.15) is 5.75 Å². The van der Waals surface area contributed by atoms with Gasteiger partial charge in [-0.3, -0.25) is 4.90 Å². The molecular weight excluding hydrogens is 374 g/mol. The Bertz CT molecular complexity index is 728. The van der Waals surface area contributed by atoms with E-state index in [2.05, 4.69) is 36.1 Å². The molecule has 0 unspecified atom stereocenters. The molecule has 2 atom stereocenters. The number of morpholine rings is 1. The van der Waals surface area contributed by atoms with Gasteiger partial charge in [0.25, 0.3) is 0 Å². The van der Waals surface area contributed by atoms with Gasteiger partial charge >= 0.3 is 0 Å². The minimum absolute atomic E-state index is 0.00757. The smallest absolute Gasteiger partial charge is 0.118 e. The average Bonchev–Trinajstić information content (AvgIpc) is 2.81. The van der Waals surface area contributed by atoms with E-state index in [1.54, 1.807) is 7.11 Å². The Balaban J connectivity index is 1.95. The zero-order valence-electron chi connectivity index (χ0n) is 18.6. The molecule has 164 valence electrons. The highest BCUT2D eigenvalue weighted by Crippen LogP contribution is 2.42. The molecule has 0 saturated carbocycles. The number of rotatable bonds is 11. The van der Waals surface area contributed by atoms with E-state index < -0.39 is 5.60 Å². The molecule has 1 aliphatic heterocycles. The lowest BCUT2D eigenvalue weighted by Gasteiger charge is -2.41. The largest absolute Gasteiger partial charge is 0.497 e. The topological polar surface area (TPSA) is 41.9 Å². The molecule has 1 N–H and O–H groups in total. The Morgan fingerprint density at radius 3 is 2.33 bits per heavy atom. The third kappa shape index (κ3) is 5.84. The Hall–Kier alpha value is -1.88. The van der Waals surface area contributed by atoms with Crippen LogP contribution >= 0.6 is 0 Å². The second-order valence-electron chi connectivity index (χ2n) is 8.34. The summed E-state index contributed by atoms with van der Waals surface area (Å²) in [5.74, 6) is 0.809. The molecule has 0 radical (unpaired) electrons. The Kier molecular flexibility index (Phi) is 8.74. The van der Waals surface area contributed by atoms with E-state index in [9.17, 15) is 5.11 Å². The molecule has 0 amide bonds. The first-order chi connectivity index (χ1) is 14.7. The van der Waals surface area contributed by atoms with Crippen LogP contribution in [0.25, 0.3) is 0 Å². The molecule has 0 spiro atoms. The lowest BCUT2D eigenvalue weighted by atomic mass is 9.74. The van der Waals surface area contributed by atoms with Crippen molar-refractivity contribution in [3.63, 3.8) is 0 Å². The van der Waals surface area contributed by atoms with Crippen molar-refractivity contribution in [1.29, 1.82) is 0 Å². The van der Waals surface area contributed by atoms with Crippen molar-refractivity contribution in [1.82, 2.24) is 4.90 Å². The molecule has 2 aromatic rings. The number of ether oxygens (including phenoxy) is 2. The summed E-state index contributed by atoms with van der Waals surface area (Å²) < 4.78 is 10.9. The van der Waals surface area contributed by atoms with Gasteiger partial charge in [-0.1, -0.05) is 75.1 Å². The fraction of sp³-hybridized carbons (Fsp3) is 0.538. The lowest BCUT2D eigenvalue weighted by Crippen LogP contribution is -2.45. The molecule has 30 heavy (non-hydrogen) atoms. The number of hydrogen-bond acceptors (Lipinski definition) is 4. The van der Waals surface area contributed by atoms with E-state index in [0.717, 1.165) is 63.4 Å². The first-order valence-corrected chi connectivity index (χ1v) is 11.4. The zero-order valence-corrected chi connectivity index (χ0v) is 18.6. The molecule has 2 aromatic carbocycles. The van der Waals surface area contributed by atoms with Gasteiger partial charge in [0.15, 0.2) is 0 Å². The van der Waals surface area contributed by atoms with Crippen molar-refractivity contribution in [2.75, 3.05) is 40.0 Å². The standard InChI is InChI=1S/C26H37NO3/c1-3-4-5-9-16-26(28,23-12-14-24(29-2)15-13-23)25(22-10-7-6-8-11-22)21-27-17-19-30-20-18-27/h6-8,10-15,25,28H,3-5,9,16-21H2,1-2H3/t25-,26-/m0/s1. The van der Waals surface area contributed by atoms with Crippen LogP contribution in [0.1, 0.15) is 56.1 Å². The molecule has 0 aromatic heterocycles. The van der Waals surface area contributed by atoms with Gasteiger partial charge in [-0.25, -0.2) is 0 Å². The second-order valence-corrected chi connectivity index (χ2v) is 8.34. The van der Waals surface area contributed by atoms with Crippen LogP contribution in [-0.2, 0) is 10.3 Å². The van der Waals surface area contributed by atoms with Crippen LogP contribution in [0.4, 0.5) is 0 Å². The number of aliphatic hydroxyl groups is 1. The van der Waals surface area contributed by atoms with Gasteiger partial charge < -0.3 is 14.6 Å². The van der Waals surface area contributed by atoms with E-state index in [0.29, 0.717) is 0 Å². The molecular formula is C26H37NO3. The van der Waals surface area contributed by atoms with E-state index in [1.807, 2.05) is 30.3 Å². The van der Waals surface area contributed by atoms with Crippen LogP contribution in [0.2, 0.25) is 0 Å². The van der Waals surface area contributed by atoms with Crippen molar-refractivity contribution in [2.45, 2.75) is 50.5 Å². The maximum Gasteiger partial charge on any atom is 0.118 e. The Morgan fingerprint density at radius 1 is 1.00 bits per heavy atom. The van der Waals surface area contributed by atoms with Gasteiger partial charge in [0.2, 0.25) is 0 Å². The van der Waals surface area contributed by atoms with Gasteiger partial charge in [-0.05, 0) is 29.7 Å². The summed E-state index contributed by atoms with van der Waals surface area (Å²) in [6.45, 7) is 6.40. The third-order valence-corrected chi connectivity index (χ3v) is 6.32. The SMILES string of the molecule is CCCCCC[C@](O)(c1ccc(OC)cc1)[C@@H](CN1CCOCC1)c1ccccc1. The highest BCUT2D eigenvalue weighted by Gasteiger charge is 2.40. The normalized spacial score (nSPS) is 18.0. The molecule has 3 rings (SSSR count). The van der Waals surface area contributed by atoms with E-state index in [4.69, 9.17) is 9.47 Å². The highest BCUT2D eigenvalue weighted by atomic mass is 16.5. The van der Waals surface area contributed by atoms with Crippen molar-refractivity contribution < 1.29 is 14.6 Å². The van der Waals surface area contributed by atoms with Crippen molar-refractivity contribution in [2.24, 2.45) is 0 Å². The maximum atomic E-state index is 12.3. The van der Waals surface area contributed by atoms with E-state index in [-0.39, 0.29) is 5.92 Å². The molecule has 1 saturated heterocycles. The van der Waals surface area contributed by atoms with Crippen LogP contribution in [0.5, 0.6) is 5.75 Å². The molecule has 1 aliphatic rings. The number of hydrogen-bond donors (Lipinski definition) is 1. The second kappa shape index (κ2) is 11.5. The minimum atomic E-state index is -0.931. The average molecular weight is 412 g/mol. The summed E-state index contributed by atoms with van der Waals surface area (Å²) in [5.41, 5.74) is 1.24. The van der Waals surface area contributed by atoms with Crippen LogP contribution in [0.15, 0.2) is 54.6 Å². The number of nitrogens with zero attached hydrogens (tertiary/aromatic N) is 1. The third-order valence-electron chi connectivity index (χ3n) is 6.32. The van der Waals surface area contributed by atoms with Crippen molar-refractivity contribution >= 4 is 0 Å². The number of unbranched alkanes of at least 4 members (excludes halogenated alkanes) is 3. The molecule has 1 heterocycles. The van der Waals surface area contributed by atoms with Gasteiger partial charge in [-0.15, -0.1) is 0 Å². The summed E-state index contributed by atoms with van der Waals surface area (Å²) in [6, 6.07) is 18.5. The first kappa shape index (κ1) is 22.8. The van der Waals surface area contributed by atoms with Crippen LogP contribution < -0.4 is 4.74 Å². The molecule has 4 nitrogen and oxygen atoms in total. The summed E-state index contributed by atoms with van der Waals surface area (Å²) in [5, 5.41) is 12.3. The summed E-state index contributed by atoms with van der Waals surface area (Å²) in [4.78, 5) is 2.43. The Morgan fingerprint density at radius 2 is 1.70 bits per heavy atom. The molecule has 1 fully saturated rings. The summed E-state index contributed by atoms with van der Waals surface area (Å²) in [7, 11) is 1.68. The van der Waals surface area contributed by atoms with Crippen LogP contribution in [0, 0.1) is 0 Å². The summed E-state index contributed by atoms with van der Waals surface area (Å²) in [6.07, 6.45) is 5.31. The summed E-state index contributed by atoms with van der Waals surface area (Å²) >= 11 is 0. The molecule has 0 aliphatic carbocycles. The predicted octanol–water partition coefficient (Wildman–Crippen LogP) is 4.97. The molecule has 0 bridgehead atoms.